The molecule has 0 radical (unpaired) electrons. The lowest BCUT2D eigenvalue weighted by Gasteiger charge is -2.16. The zero-order valence-corrected chi connectivity index (χ0v) is 43.3. The van der Waals surface area contributed by atoms with Gasteiger partial charge in [0.1, 0.15) is 0 Å². The number of rotatable bonds is 7. The fraction of sp³-hybridized carbons (Fsp3) is 0. The highest BCUT2D eigenvalue weighted by molar-refractivity contribution is 6.17. The topological polar surface area (TPSA) is 51.6 Å². The van der Waals surface area contributed by atoms with Crippen molar-refractivity contribution in [1.29, 1.82) is 0 Å². The predicted molar refractivity (Wildman–Crippen MR) is 336 cm³/mol. The molecule has 0 N–H and O–H groups in total. The maximum Gasteiger partial charge on any atom is 0.160 e. The molecule has 0 saturated carbocycles. The third kappa shape index (κ3) is 7.60. The third-order valence-electron chi connectivity index (χ3n) is 16.2. The molecule has 80 heavy (non-hydrogen) atoms. The Labute approximate surface area is 461 Å². The van der Waals surface area contributed by atoms with Gasteiger partial charge < -0.3 is 0 Å². The minimum absolute atomic E-state index is 0.666. The molecule has 2 aromatic heterocycles. The summed E-state index contributed by atoms with van der Waals surface area (Å²) in [5.41, 5.74) is 11.9. The van der Waals surface area contributed by atoms with Crippen molar-refractivity contribution < 1.29 is 0 Å². The highest BCUT2D eigenvalue weighted by Crippen LogP contribution is 2.44. The smallest absolute Gasteiger partial charge is 0.160 e. The van der Waals surface area contributed by atoms with Crippen LogP contribution < -0.4 is 0 Å². The molecule has 0 aliphatic carbocycles. The summed E-state index contributed by atoms with van der Waals surface area (Å²) in [5, 5.41) is 18.6. The molecule has 0 unspecified atom stereocenters. The molecule has 0 fully saturated rings. The summed E-state index contributed by atoms with van der Waals surface area (Å²) in [5.74, 6) is 1.33. The van der Waals surface area contributed by atoms with Crippen molar-refractivity contribution in [2.45, 2.75) is 0 Å². The Bertz CT molecular complexity index is 4360. The van der Waals surface area contributed by atoms with Gasteiger partial charge in [0.25, 0.3) is 0 Å². The summed E-state index contributed by atoms with van der Waals surface area (Å²) in [6.45, 7) is 0. The highest BCUT2D eigenvalue weighted by atomic mass is 14.9. The molecule has 0 aliphatic rings. The van der Waals surface area contributed by atoms with Crippen LogP contribution in [-0.4, -0.2) is 19.9 Å². The van der Waals surface area contributed by atoms with Crippen LogP contribution in [0.5, 0.6) is 0 Å². The summed E-state index contributed by atoms with van der Waals surface area (Å²) in [6, 6.07) is 100. The largest absolute Gasteiger partial charge is 0.228 e. The van der Waals surface area contributed by atoms with Crippen LogP contribution >= 0.6 is 0 Å². The summed E-state index contributed by atoms with van der Waals surface area (Å²) in [4.78, 5) is 22.0. The Morgan fingerprint density at radius 2 is 0.338 bits per heavy atom. The second-order valence-corrected chi connectivity index (χ2v) is 20.9. The van der Waals surface area contributed by atoms with Crippen molar-refractivity contribution >= 4 is 86.2 Å². The SMILES string of the molecule is c1ccc2c(-c3cc(-c4c5ccccc5cc5ccccc45)nc(-c4ccc(-c5ccc(-c6nc(-c7c8ccccc8cc8ccccc78)cc(-c7c8ccccc8cc8ccccc78)n6)cc5)cc4)n3)c3ccccc3cc2c1. The standard InChI is InChI=1S/C76H46N4/c1-9-25-59-51(17-1)41-52-18-2-10-26-60(52)71(59)67-45-68(72-61-27-11-3-19-53(61)42-54-20-4-12-28-62(54)72)78-75(77-67)49-37-33-47(34-38-49)48-35-39-50(40-36-48)76-79-69(73-63-29-13-5-21-55(63)43-56-22-6-14-30-64(56)73)46-70(80-76)74-65-31-15-7-23-57(65)44-58-24-8-16-32-66(58)74/h1-46H. The molecule has 4 nitrogen and oxygen atoms in total. The molecule has 16 aromatic rings. The van der Waals surface area contributed by atoms with Crippen molar-refractivity contribution in [3.63, 3.8) is 0 Å². The molecule has 4 heteroatoms. The van der Waals surface area contributed by atoms with Crippen LogP contribution in [0, 0.1) is 0 Å². The first kappa shape index (κ1) is 45.5. The first-order chi connectivity index (χ1) is 39.6. The van der Waals surface area contributed by atoms with Gasteiger partial charge in [0.15, 0.2) is 11.6 Å². The van der Waals surface area contributed by atoms with E-state index in [0.29, 0.717) is 11.6 Å². The lowest BCUT2D eigenvalue weighted by Crippen LogP contribution is -1.98. The van der Waals surface area contributed by atoms with Crippen LogP contribution in [0.3, 0.4) is 0 Å². The van der Waals surface area contributed by atoms with Crippen LogP contribution in [0.4, 0.5) is 0 Å². The van der Waals surface area contributed by atoms with Crippen LogP contribution in [0.15, 0.2) is 279 Å². The average Bonchev–Trinajstić information content (AvgIpc) is 3.56. The normalized spacial score (nSPS) is 11.8. The Morgan fingerprint density at radius 1 is 0.163 bits per heavy atom. The zero-order valence-electron chi connectivity index (χ0n) is 43.3. The van der Waals surface area contributed by atoms with Gasteiger partial charge in [-0.1, -0.05) is 243 Å². The molecule has 2 heterocycles. The van der Waals surface area contributed by atoms with E-state index in [1.165, 1.54) is 43.1 Å². The summed E-state index contributed by atoms with van der Waals surface area (Å²) in [7, 11) is 0. The fourth-order valence-electron chi connectivity index (χ4n) is 12.4. The minimum atomic E-state index is 0.666. The highest BCUT2D eigenvalue weighted by Gasteiger charge is 2.21. The van der Waals surface area contributed by atoms with Gasteiger partial charge in [-0.25, -0.2) is 19.9 Å². The van der Waals surface area contributed by atoms with Gasteiger partial charge >= 0.3 is 0 Å². The van der Waals surface area contributed by atoms with Crippen molar-refractivity contribution in [3.05, 3.63) is 279 Å². The van der Waals surface area contributed by atoms with Crippen LogP contribution in [0.25, 0.3) is 165 Å². The van der Waals surface area contributed by atoms with E-state index < -0.39 is 0 Å². The number of aromatic nitrogens is 4. The average molecular weight is 1020 g/mol. The molecule has 0 atom stereocenters. The molecule has 16 rings (SSSR count). The van der Waals surface area contributed by atoms with E-state index in [1.54, 1.807) is 0 Å². The summed E-state index contributed by atoms with van der Waals surface area (Å²) in [6.07, 6.45) is 0. The molecule has 0 bridgehead atoms. The van der Waals surface area contributed by atoms with Gasteiger partial charge in [0, 0.05) is 33.4 Å². The first-order valence-electron chi connectivity index (χ1n) is 27.3. The van der Waals surface area contributed by atoms with Gasteiger partial charge in [0.05, 0.1) is 22.8 Å². The number of hydrogen-bond donors (Lipinski definition) is 0. The van der Waals surface area contributed by atoms with E-state index in [1.807, 2.05) is 0 Å². The van der Waals surface area contributed by atoms with Gasteiger partial charge in [-0.3, -0.25) is 0 Å². The van der Waals surface area contributed by atoms with Gasteiger partial charge in [0.2, 0.25) is 0 Å². The second-order valence-electron chi connectivity index (χ2n) is 20.9. The first-order valence-corrected chi connectivity index (χ1v) is 27.3. The molecule has 0 aliphatic heterocycles. The molecule has 370 valence electrons. The fourth-order valence-corrected chi connectivity index (χ4v) is 12.4. The molecular weight excluding hydrogens is 969 g/mol. The Hall–Kier alpha value is -10.7. The van der Waals surface area contributed by atoms with Crippen molar-refractivity contribution in [1.82, 2.24) is 19.9 Å². The Morgan fingerprint density at radius 3 is 0.537 bits per heavy atom. The quantitative estimate of drug-likeness (QED) is 0.149. The monoisotopic (exact) mass is 1010 g/mol. The third-order valence-corrected chi connectivity index (χ3v) is 16.2. The van der Waals surface area contributed by atoms with Crippen LogP contribution in [0.1, 0.15) is 0 Å². The Kier molecular flexibility index (Phi) is 10.5. The van der Waals surface area contributed by atoms with Crippen LogP contribution in [0.2, 0.25) is 0 Å². The number of nitrogens with zero attached hydrogens (tertiary/aromatic N) is 4. The number of benzene rings is 14. The van der Waals surface area contributed by atoms with Crippen molar-refractivity contribution in [2.75, 3.05) is 0 Å². The number of fused-ring (bicyclic) bond motifs is 8. The summed E-state index contributed by atoms with van der Waals surface area (Å²) < 4.78 is 0. The van der Waals surface area contributed by atoms with Crippen molar-refractivity contribution in [2.24, 2.45) is 0 Å². The van der Waals surface area contributed by atoms with Gasteiger partial charge in [-0.15, -0.1) is 0 Å². The predicted octanol–water partition coefficient (Wildman–Crippen LogP) is 20.2. The van der Waals surface area contributed by atoms with Crippen LogP contribution in [-0.2, 0) is 0 Å². The molecule has 0 spiro atoms. The van der Waals surface area contributed by atoms with E-state index in [2.05, 4.69) is 279 Å². The van der Waals surface area contributed by atoms with Gasteiger partial charge in [-0.05, 0) is 134 Å². The lowest BCUT2D eigenvalue weighted by atomic mass is 9.92. The second kappa shape index (κ2) is 18.5. The van der Waals surface area contributed by atoms with E-state index in [4.69, 9.17) is 19.9 Å². The lowest BCUT2D eigenvalue weighted by molar-refractivity contribution is 1.19. The van der Waals surface area contributed by atoms with Gasteiger partial charge in [-0.2, -0.15) is 0 Å². The molecular formula is C76H46N4. The van der Waals surface area contributed by atoms with E-state index in [-0.39, 0.29) is 0 Å². The minimum Gasteiger partial charge on any atom is -0.228 e. The zero-order chi connectivity index (χ0) is 52.7. The Balaban J connectivity index is 0.838. The van der Waals surface area contributed by atoms with E-state index in [9.17, 15) is 0 Å². The van der Waals surface area contributed by atoms with Crippen molar-refractivity contribution in [3.8, 4) is 78.9 Å². The maximum atomic E-state index is 5.51. The number of hydrogen-bond acceptors (Lipinski definition) is 4. The molecule has 0 saturated heterocycles. The summed E-state index contributed by atoms with van der Waals surface area (Å²) >= 11 is 0. The maximum absolute atomic E-state index is 5.51. The molecule has 14 aromatic carbocycles. The van der Waals surface area contributed by atoms with E-state index in [0.717, 1.165) is 110 Å². The molecule has 0 amide bonds. The van der Waals surface area contributed by atoms with E-state index >= 15 is 0 Å².